The number of hydrogen-bond donors (Lipinski definition) is 1. The molecule has 3 heterocycles. The molecule has 1 aliphatic heterocycles. The van der Waals surface area contributed by atoms with Crippen LogP contribution >= 0.6 is 0 Å². The maximum atomic E-state index is 12.3. The molecule has 0 radical (unpaired) electrons. The number of amides is 1. The second-order valence-corrected chi connectivity index (χ2v) is 5.52. The molecule has 6 nitrogen and oxygen atoms in total. The van der Waals surface area contributed by atoms with Gasteiger partial charge in [0.05, 0.1) is 31.0 Å². The molecule has 0 saturated carbocycles. The van der Waals surface area contributed by atoms with Gasteiger partial charge in [-0.15, -0.1) is 0 Å². The van der Waals surface area contributed by atoms with E-state index < -0.39 is 0 Å². The lowest BCUT2D eigenvalue weighted by molar-refractivity contribution is 0.0925. The summed E-state index contributed by atoms with van der Waals surface area (Å²) in [7, 11) is 0. The predicted molar refractivity (Wildman–Crippen MR) is 81.4 cm³/mol. The fraction of sp³-hybridized carbons (Fsp3) is 0.438. The molecule has 0 aromatic carbocycles. The van der Waals surface area contributed by atoms with Crippen LogP contribution in [0.2, 0.25) is 0 Å². The number of nitrogens with one attached hydrogen (secondary N) is 1. The van der Waals surface area contributed by atoms with Crippen LogP contribution in [-0.4, -0.2) is 39.9 Å². The highest BCUT2D eigenvalue weighted by molar-refractivity contribution is 5.93. The van der Waals surface area contributed by atoms with Crippen molar-refractivity contribution in [3.63, 3.8) is 0 Å². The summed E-state index contributed by atoms with van der Waals surface area (Å²) in [5.41, 5.74) is 1.81. The number of rotatable bonds is 5. The van der Waals surface area contributed by atoms with Gasteiger partial charge in [-0.05, 0) is 31.0 Å². The molecule has 116 valence electrons. The Bertz CT molecular complexity index is 626. The largest absolute Gasteiger partial charge is 0.379 e. The number of carbonyl (C=O) groups excluding carboxylic acids is 1. The van der Waals surface area contributed by atoms with Gasteiger partial charge in [0.1, 0.15) is 0 Å². The number of aryl methyl sites for hydroxylation is 1. The van der Waals surface area contributed by atoms with Crippen LogP contribution in [0.3, 0.4) is 0 Å². The van der Waals surface area contributed by atoms with Crippen LogP contribution in [0.25, 0.3) is 0 Å². The summed E-state index contributed by atoms with van der Waals surface area (Å²) in [6.07, 6.45) is 7.83. The van der Waals surface area contributed by atoms with E-state index in [0.29, 0.717) is 18.8 Å². The minimum atomic E-state index is -0.0880. The summed E-state index contributed by atoms with van der Waals surface area (Å²) in [6.45, 7) is 3.97. The fourth-order valence-electron chi connectivity index (χ4n) is 2.69. The molecular weight excluding hydrogens is 280 g/mol. The minimum Gasteiger partial charge on any atom is -0.379 e. The third-order valence-electron chi connectivity index (χ3n) is 3.98. The van der Waals surface area contributed by atoms with Gasteiger partial charge in [0.15, 0.2) is 0 Å². The average Bonchev–Trinajstić information content (AvgIpc) is 3.18. The van der Waals surface area contributed by atoms with Crippen molar-refractivity contribution in [2.75, 3.05) is 13.2 Å². The van der Waals surface area contributed by atoms with Gasteiger partial charge in [-0.25, -0.2) is 0 Å². The van der Waals surface area contributed by atoms with E-state index in [0.717, 1.165) is 13.0 Å². The fourth-order valence-corrected chi connectivity index (χ4v) is 2.69. The van der Waals surface area contributed by atoms with Crippen molar-refractivity contribution in [2.24, 2.45) is 5.92 Å². The number of nitrogens with zero attached hydrogens (tertiary/aromatic N) is 3. The first-order chi connectivity index (χ1) is 10.8. The zero-order valence-electron chi connectivity index (χ0n) is 12.6. The van der Waals surface area contributed by atoms with Crippen LogP contribution < -0.4 is 5.32 Å². The molecule has 6 heteroatoms. The molecule has 2 aromatic rings. The Morgan fingerprint density at radius 1 is 1.41 bits per heavy atom. The monoisotopic (exact) mass is 300 g/mol. The van der Waals surface area contributed by atoms with E-state index in [4.69, 9.17) is 4.74 Å². The molecule has 1 fully saturated rings. The summed E-state index contributed by atoms with van der Waals surface area (Å²) in [5.74, 6) is 0.197. The first-order valence-corrected chi connectivity index (χ1v) is 7.56. The first kappa shape index (κ1) is 14.7. The van der Waals surface area contributed by atoms with Gasteiger partial charge in [-0.2, -0.15) is 5.10 Å². The highest BCUT2D eigenvalue weighted by atomic mass is 16.5. The molecule has 2 aromatic heterocycles. The topological polar surface area (TPSA) is 69.0 Å². The van der Waals surface area contributed by atoms with Gasteiger partial charge >= 0.3 is 0 Å². The standard InChI is InChI=1S/C16H20N4O2/c1-2-20-9-14(8-18-20)16(21)19-15-11-22-10-13(15)7-12-3-5-17-6-4-12/h3-6,8-9,13,15H,2,7,10-11H2,1H3,(H,19,21)/t13-,15-/m1/s1. The van der Waals surface area contributed by atoms with Crippen LogP contribution in [0.15, 0.2) is 36.9 Å². The molecular formula is C16H20N4O2. The first-order valence-electron chi connectivity index (χ1n) is 7.56. The molecule has 1 aliphatic rings. The lowest BCUT2D eigenvalue weighted by Gasteiger charge is -2.18. The van der Waals surface area contributed by atoms with Crippen molar-refractivity contribution in [3.8, 4) is 0 Å². The van der Waals surface area contributed by atoms with Crippen molar-refractivity contribution in [2.45, 2.75) is 25.9 Å². The van der Waals surface area contributed by atoms with E-state index >= 15 is 0 Å². The molecule has 0 bridgehead atoms. The molecule has 1 N–H and O–H groups in total. The minimum absolute atomic E-state index is 0.0330. The SMILES string of the molecule is CCn1cc(C(=O)N[C@@H]2COC[C@H]2Cc2ccncc2)cn1. The van der Waals surface area contributed by atoms with Crippen LogP contribution in [0, 0.1) is 5.92 Å². The second kappa shape index (κ2) is 6.70. The van der Waals surface area contributed by atoms with Crippen molar-refractivity contribution in [1.82, 2.24) is 20.1 Å². The van der Waals surface area contributed by atoms with Crippen LogP contribution in [0.4, 0.5) is 0 Å². The summed E-state index contributed by atoms with van der Waals surface area (Å²) < 4.78 is 7.30. The Kier molecular flexibility index (Phi) is 4.48. The number of hydrogen-bond acceptors (Lipinski definition) is 4. The Balaban J connectivity index is 1.62. The van der Waals surface area contributed by atoms with E-state index in [2.05, 4.69) is 15.4 Å². The smallest absolute Gasteiger partial charge is 0.254 e. The van der Waals surface area contributed by atoms with Crippen molar-refractivity contribution >= 4 is 5.91 Å². The van der Waals surface area contributed by atoms with Crippen molar-refractivity contribution < 1.29 is 9.53 Å². The quantitative estimate of drug-likeness (QED) is 0.903. The maximum absolute atomic E-state index is 12.3. The molecule has 0 spiro atoms. The maximum Gasteiger partial charge on any atom is 0.254 e. The van der Waals surface area contributed by atoms with Gasteiger partial charge in [-0.3, -0.25) is 14.5 Å². The zero-order chi connectivity index (χ0) is 15.4. The summed E-state index contributed by atoms with van der Waals surface area (Å²) in [5, 5.41) is 7.20. The van der Waals surface area contributed by atoms with Crippen LogP contribution in [-0.2, 0) is 17.7 Å². The summed E-state index contributed by atoms with van der Waals surface area (Å²) >= 11 is 0. The molecule has 2 atom stereocenters. The Hall–Kier alpha value is -2.21. The van der Waals surface area contributed by atoms with E-state index in [1.165, 1.54) is 5.56 Å². The summed E-state index contributed by atoms with van der Waals surface area (Å²) in [6, 6.07) is 4.04. The molecule has 0 aliphatic carbocycles. The molecule has 1 saturated heterocycles. The Morgan fingerprint density at radius 2 is 2.23 bits per heavy atom. The van der Waals surface area contributed by atoms with Gasteiger partial charge in [-0.1, -0.05) is 0 Å². The van der Waals surface area contributed by atoms with Gasteiger partial charge < -0.3 is 10.1 Å². The highest BCUT2D eigenvalue weighted by Gasteiger charge is 2.30. The lowest BCUT2D eigenvalue weighted by Crippen LogP contribution is -2.40. The lowest BCUT2D eigenvalue weighted by atomic mass is 9.95. The third kappa shape index (κ3) is 3.33. The van der Waals surface area contributed by atoms with E-state index in [-0.39, 0.29) is 17.9 Å². The molecule has 1 amide bonds. The average molecular weight is 300 g/mol. The van der Waals surface area contributed by atoms with Gasteiger partial charge in [0, 0.05) is 31.1 Å². The van der Waals surface area contributed by atoms with Crippen LogP contribution in [0.5, 0.6) is 0 Å². The van der Waals surface area contributed by atoms with Crippen LogP contribution in [0.1, 0.15) is 22.8 Å². The van der Waals surface area contributed by atoms with Gasteiger partial charge in [0.25, 0.3) is 5.91 Å². The van der Waals surface area contributed by atoms with E-state index in [1.807, 2.05) is 19.1 Å². The Morgan fingerprint density at radius 3 is 2.95 bits per heavy atom. The van der Waals surface area contributed by atoms with Crippen molar-refractivity contribution in [3.05, 3.63) is 48.0 Å². The van der Waals surface area contributed by atoms with Gasteiger partial charge in [0.2, 0.25) is 0 Å². The summed E-state index contributed by atoms with van der Waals surface area (Å²) in [4.78, 5) is 16.3. The normalized spacial score (nSPS) is 21.0. The predicted octanol–water partition coefficient (Wildman–Crippen LogP) is 1.29. The molecule has 0 unspecified atom stereocenters. The van der Waals surface area contributed by atoms with E-state index in [9.17, 15) is 4.79 Å². The zero-order valence-corrected chi connectivity index (χ0v) is 12.6. The second-order valence-electron chi connectivity index (χ2n) is 5.52. The van der Waals surface area contributed by atoms with Crippen molar-refractivity contribution in [1.29, 1.82) is 0 Å². The molecule has 3 rings (SSSR count). The number of aromatic nitrogens is 3. The van der Waals surface area contributed by atoms with E-state index in [1.54, 1.807) is 29.5 Å². The highest BCUT2D eigenvalue weighted by Crippen LogP contribution is 2.19. The number of ether oxygens (including phenoxy) is 1. The number of carbonyl (C=O) groups is 1. The number of pyridine rings is 1. The molecule has 22 heavy (non-hydrogen) atoms. The Labute approximate surface area is 129 Å². The third-order valence-corrected chi connectivity index (χ3v) is 3.98.